The van der Waals surface area contributed by atoms with Crippen molar-refractivity contribution in [3.8, 4) is 5.75 Å². The van der Waals surface area contributed by atoms with Gasteiger partial charge in [-0.3, -0.25) is 4.79 Å². The second-order valence-electron chi connectivity index (χ2n) is 6.85. The minimum atomic E-state index is -5.44. The summed E-state index contributed by atoms with van der Waals surface area (Å²) in [6, 6.07) is 7.06. The molecule has 0 unspecified atom stereocenters. The molecule has 11 heteroatoms. The van der Waals surface area contributed by atoms with E-state index >= 15 is 0 Å². The van der Waals surface area contributed by atoms with Crippen LogP contribution in [0.4, 0.5) is 37.7 Å². The first-order valence-corrected chi connectivity index (χ1v) is 8.58. The zero-order valence-corrected chi connectivity index (χ0v) is 16.1. The summed E-state index contributed by atoms with van der Waals surface area (Å²) < 4.78 is 84.2. The average molecular weight is 446 g/mol. The van der Waals surface area contributed by atoms with Gasteiger partial charge in [0.1, 0.15) is 12.4 Å². The van der Waals surface area contributed by atoms with Gasteiger partial charge in [-0.2, -0.15) is 26.3 Å². The Hall–Kier alpha value is -3.26. The number of anilines is 1. The standard InChI is InChI=1S/C20H16F6N2O3/c1-11-4-6-13(7-5-11)31-10-18(2,30)17(29)28-12-8-14(19(21,22)23)16(20(24,25)26)15(9-12)27-3/h4-9,30H,10H2,1-2H3,(H,28,29)/t18-/m0/s1. The third-order valence-corrected chi connectivity index (χ3v) is 4.11. The predicted molar refractivity (Wildman–Crippen MR) is 98.6 cm³/mol. The number of ether oxygens (including phenoxy) is 1. The van der Waals surface area contributed by atoms with Crippen molar-refractivity contribution in [2.45, 2.75) is 31.8 Å². The second-order valence-corrected chi connectivity index (χ2v) is 6.85. The van der Waals surface area contributed by atoms with Gasteiger partial charge in [0.15, 0.2) is 5.60 Å². The number of aliphatic hydroxyl groups is 1. The summed E-state index contributed by atoms with van der Waals surface area (Å²) >= 11 is 0. The van der Waals surface area contributed by atoms with E-state index in [1.807, 2.05) is 12.2 Å². The maximum absolute atomic E-state index is 13.2. The topological polar surface area (TPSA) is 62.9 Å². The zero-order valence-electron chi connectivity index (χ0n) is 16.1. The number of carbonyl (C=O) groups excluding carboxylic acids is 1. The zero-order chi connectivity index (χ0) is 23.6. The molecule has 2 aromatic carbocycles. The van der Waals surface area contributed by atoms with Gasteiger partial charge in [0.2, 0.25) is 5.69 Å². The predicted octanol–water partition coefficient (Wildman–Crippen LogP) is 5.35. The lowest BCUT2D eigenvalue weighted by molar-refractivity contribution is -0.161. The third-order valence-electron chi connectivity index (χ3n) is 4.11. The van der Waals surface area contributed by atoms with Gasteiger partial charge >= 0.3 is 12.4 Å². The Morgan fingerprint density at radius 3 is 2.16 bits per heavy atom. The summed E-state index contributed by atoms with van der Waals surface area (Å²) in [4.78, 5) is 14.8. The Labute approximate surface area is 173 Å². The maximum atomic E-state index is 13.2. The molecule has 0 saturated heterocycles. The number of carbonyl (C=O) groups is 1. The van der Waals surface area contributed by atoms with Crippen LogP contribution in [0.5, 0.6) is 5.75 Å². The number of aryl methyl sites for hydroxylation is 1. The van der Waals surface area contributed by atoms with E-state index in [1.54, 1.807) is 24.3 Å². The molecule has 166 valence electrons. The molecule has 0 saturated carbocycles. The molecule has 0 aliphatic carbocycles. The molecule has 31 heavy (non-hydrogen) atoms. The molecule has 1 atom stereocenters. The number of rotatable bonds is 5. The summed E-state index contributed by atoms with van der Waals surface area (Å²) in [7, 11) is 0. The molecule has 5 nitrogen and oxygen atoms in total. The summed E-state index contributed by atoms with van der Waals surface area (Å²) in [5.74, 6) is -0.925. The van der Waals surface area contributed by atoms with Gasteiger partial charge < -0.3 is 15.2 Å². The van der Waals surface area contributed by atoms with Crippen LogP contribution in [-0.4, -0.2) is 23.2 Å². The van der Waals surface area contributed by atoms with Crippen molar-refractivity contribution in [2.24, 2.45) is 0 Å². The quantitative estimate of drug-likeness (QED) is 0.481. The fourth-order valence-electron chi connectivity index (χ4n) is 2.50. The van der Waals surface area contributed by atoms with Crippen LogP contribution in [0.3, 0.4) is 0 Å². The molecule has 0 bridgehead atoms. The largest absolute Gasteiger partial charge is 0.490 e. The van der Waals surface area contributed by atoms with E-state index in [0.717, 1.165) is 12.5 Å². The second kappa shape index (κ2) is 8.47. The number of nitrogens with zero attached hydrogens (tertiary/aromatic N) is 1. The lowest BCUT2D eigenvalue weighted by atomic mass is 10.0. The molecule has 2 N–H and O–H groups in total. The summed E-state index contributed by atoms with van der Waals surface area (Å²) in [5, 5.41) is 12.2. The minimum Gasteiger partial charge on any atom is -0.490 e. The first-order valence-electron chi connectivity index (χ1n) is 8.58. The fraction of sp³-hybridized carbons (Fsp3) is 0.300. The van der Waals surface area contributed by atoms with E-state index in [1.165, 1.54) is 0 Å². The van der Waals surface area contributed by atoms with Gasteiger partial charge in [0.05, 0.1) is 17.7 Å². The van der Waals surface area contributed by atoms with Gasteiger partial charge in [0.25, 0.3) is 5.91 Å². The number of benzene rings is 2. The molecule has 2 aromatic rings. The molecule has 0 heterocycles. The van der Waals surface area contributed by atoms with Crippen molar-refractivity contribution in [3.63, 3.8) is 0 Å². The maximum Gasteiger partial charge on any atom is 0.415 e. The lowest BCUT2D eigenvalue weighted by Crippen LogP contribution is -2.45. The Morgan fingerprint density at radius 2 is 1.68 bits per heavy atom. The highest BCUT2D eigenvalue weighted by Gasteiger charge is 2.45. The monoisotopic (exact) mass is 446 g/mol. The van der Waals surface area contributed by atoms with Gasteiger partial charge in [0, 0.05) is 5.69 Å². The Morgan fingerprint density at radius 1 is 1.10 bits per heavy atom. The van der Waals surface area contributed by atoms with Crippen LogP contribution in [0.15, 0.2) is 36.4 Å². The average Bonchev–Trinajstić information content (AvgIpc) is 2.65. The van der Waals surface area contributed by atoms with E-state index in [9.17, 15) is 36.2 Å². The van der Waals surface area contributed by atoms with Gasteiger partial charge in [-0.05, 0) is 38.1 Å². The molecule has 0 radical (unpaired) electrons. The minimum absolute atomic E-state index is 0.0618. The number of hydrogen-bond acceptors (Lipinski definition) is 3. The number of halogens is 6. The van der Waals surface area contributed by atoms with Crippen LogP contribution >= 0.6 is 0 Å². The number of hydrogen-bond donors (Lipinski definition) is 2. The Kier molecular flexibility index (Phi) is 6.56. The normalized spacial score (nSPS) is 13.8. The van der Waals surface area contributed by atoms with Crippen LogP contribution in [0, 0.1) is 13.5 Å². The van der Waals surface area contributed by atoms with Crippen LogP contribution in [-0.2, 0) is 17.1 Å². The first-order chi connectivity index (χ1) is 14.1. The number of nitrogens with one attached hydrogen (secondary N) is 1. The molecule has 0 aliphatic rings. The SMILES string of the molecule is [C-]#[N+]c1cc(NC(=O)[C@@](C)(O)COc2ccc(C)cc2)cc(C(F)(F)F)c1C(F)(F)F. The van der Waals surface area contributed by atoms with E-state index in [0.29, 0.717) is 11.8 Å². The molecular formula is C20H16F6N2O3. The van der Waals surface area contributed by atoms with Gasteiger partial charge in [-0.1, -0.05) is 17.7 Å². The van der Waals surface area contributed by atoms with Crippen molar-refractivity contribution < 1.29 is 41.0 Å². The van der Waals surface area contributed by atoms with E-state index in [4.69, 9.17) is 11.3 Å². The van der Waals surface area contributed by atoms with Crippen molar-refractivity contribution in [2.75, 3.05) is 11.9 Å². The first kappa shape index (κ1) is 24.0. The third kappa shape index (κ3) is 5.88. The van der Waals surface area contributed by atoms with E-state index in [-0.39, 0.29) is 6.07 Å². The van der Waals surface area contributed by atoms with E-state index in [2.05, 4.69) is 4.85 Å². The van der Waals surface area contributed by atoms with E-state index < -0.39 is 53.0 Å². The molecular weight excluding hydrogens is 430 g/mol. The van der Waals surface area contributed by atoms with Crippen LogP contribution in [0.1, 0.15) is 23.6 Å². The highest BCUT2D eigenvalue weighted by atomic mass is 19.4. The van der Waals surface area contributed by atoms with Crippen molar-refractivity contribution in [1.82, 2.24) is 0 Å². The highest BCUT2D eigenvalue weighted by Crippen LogP contribution is 2.46. The fourth-order valence-corrected chi connectivity index (χ4v) is 2.50. The summed E-state index contributed by atoms with van der Waals surface area (Å²) in [6.45, 7) is 9.06. The summed E-state index contributed by atoms with van der Waals surface area (Å²) in [5.41, 5.74) is -7.67. The highest BCUT2D eigenvalue weighted by molar-refractivity contribution is 5.97. The van der Waals surface area contributed by atoms with Crippen LogP contribution < -0.4 is 10.1 Å². The lowest BCUT2D eigenvalue weighted by Gasteiger charge is -2.24. The van der Waals surface area contributed by atoms with Crippen molar-refractivity contribution in [1.29, 1.82) is 0 Å². The molecule has 0 spiro atoms. The molecule has 0 aromatic heterocycles. The van der Waals surface area contributed by atoms with Crippen molar-refractivity contribution in [3.05, 3.63) is 64.5 Å². The molecule has 1 amide bonds. The molecule has 2 rings (SSSR count). The van der Waals surface area contributed by atoms with Gasteiger partial charge in [-0.25, -0.2) is 4.85 Å². The molecule has 0 aliphatic heterocycles. The molecule has 0 fully saturated rings. The Bertz CT molecular complexity index is 1010. The van der Waals surface area contributed by atoms with Crippen molar-refractivity contribution >= 4 is 17.3 Å². The number of alkyl halides is 6. The number of amides is 1. The summed E-state index contributed by atoms with van der Waals surface area (Å²) in [6.07, 6.45) is -10.9. The van der Waals surface area contributed by atoms with Gasteiger partial charge in [-0.15, -0.1) is 0 Å². The Balaban J connectivity index is 2.31. The van der Waals surface area contributed by atoms with Crippen LogP contribution in [0.25, 0.3) is 4.85 Å². The van der Waals surface area contributed by atoms with Crippen LogP contribution in [0.2, 0.25) is 0 Å². The smallest absolute Gasteiger partial charge is 0.415 e.